The second kappa shape index (κ2) is 7.74. The van der Waals surface area contributed by atoms with Crippen molar-refractivity contribution in [3.05, 3.63) is 54.2 Å². The van der Waals surface area contributed by atoms with Crippen molar-refractivity contribution in [3.63, 3.8) is 0 Å². The maximum absolute atomic E-state index is 12.8. The predicted octanol–water partition coefficient (Wildman–Crippen LogP) is 2.14. The number of pyridine rings is 1. The Bertz CT molecular complexity index is 871. The molecule has 0 radical (unpaired) electrons. The van der Waals surface area contributed by atoms with Crippen LogP contribution in [0.25, 0.3) is 0 Å². The van der Waals surface area contributed by atoms with Crippen LogP contribution in [0.5, 0.6) is 5.88 Å². The van der Waals surface area contributed by atoms with Crippen LogP contribution in [-0.2, 0) is 10.0 Å². The maximum atomic E-state index is 12.8. The van der Waals surface area contributed by atoms with Crippen LogP contribution in [0.2, 0.25) is 0 Å². The van der Waals surface area contributed by atoms with E-state index in [1.54, 1.807) is 47.5 Å². The first-order chi connectivity index (χ1) is 12.5. The van der Waals surface area contributed by atoms with Gasteiger partial charge in [0.1, 0.15) is 5.56 Å². The number of para-hydroxylation sites is 1. The number of nitrogens with zero attached hydrogens (tertiary/aromatic N) is 2. The van der Waals surface area contributed by atoms with Crippen molar-refractivity contribution in [2.24, 2.45) is 0 Å². The topological polar surface area (TPSA) is 88.6 Å². The zero-order chi connectivity index (χ0) is 18.6. The van der Waals surface area contributed by atoms with Crippen LogP contribution < -0.4 is 9.46 Å². The lowest BCUT2D eigenvalue weighted by atomic mass is 10.1. The number of benzene rings is 1. The molecule has 1 N–H and O–H groups in total. The first-order valence-electron chi connectivity index (χ1n) is 8.36. The summed E-state index contributed by atoms with van der Waals surface area (Å²) in [6, 6.07) is 12.0. The van der Waals surface area contributed by atoms with Crippen LogP contribution in [0.15, 0.2) is 48.7 Å². The second-order valence-corrected chi connectivity index (χ2v) is 8.05. The molecule has 1 amide bonds. The standard InChI is InChI=1S/C18H21N3O4S/c1-25-17-16(10-5-11-19-17)18(22)21-12-6-9-15(13-21)26(23,24)20-14-7-3-2-4-8-14/h2-5,7-8,10-11,15,20H,6,9,12-13H2,1H3. The van der Waals surface area contributed by atoms with Crippen molar-refractivity contribution in [2.75, 3.05) is 24.9 Å². The Morgan fingerprint density at radius 3 is 2.73 bits per heavy atom. The molecule has 8 heteroatoms. The van der Waals surface area contributed by atoms with Crippen molar-refractivity contribution in [1.82, 2.24) is 9.88 Å². The summed E-state index contributed by atoms with van der Waals surface area (Å²) in [6.07, 6.45) is 2.67. The number of amides is 1. The van der Waals surface area contributed by atoms with Crippen LogP contribution in [0.3, 0.4) is 0 Å². The van der Waals surface area contributed by atoms with E-state index in [4.69, 9.17) is 4.74 Å². The lowest BCUT2D eigenvalue weighted by Crippen LogP contribution is -2.46. The lowest BCUT2D eigenvalue weighted by Gasteiger charge is -2.32. The predicted molar refractivity (Wildman–Crippen MR) is 98.7 cm³/mol. The summed E-state index contributed by atoms with van der Waals surface area (Å²) in [5.41, 5.74) is 0.856. The number of anilines is 1. The first-order valence-corrected chi connectivity index (χ1v) is 9.91. The van der Waals surface area contributed by atoms with Gasteiger partial charge in [-0.25, -0.2) is 13.4 Å². The normalized spacial score (nSPS) is 17.6. The third-order valence-electron chi connectivity index (χ3n) is 4.33. The van der Waals surface area contributed by atoms with E-state index in [9.17, 15) is 13.2 Å². The lowest BCUT2D eigenvalue weighted by molar-refractivity contribution is 0.0723. The molecule has 1 aromatic carbocycles. The summed E-state index contributed by atoms with van der Waals surface area (Å²) in [7, 11) is -2.14. The summed E-state index contributed by atoms with van der Waals surface area (Å²) in [5.74, 6) is -0.0283. The van der Waals surface area contributed by atoms with Crippen molar-refractivity contribution >= 4 is 21.6 Å². The van der Waals surface area contributed by atoms with Gasteiger partial charge in [-0.3, -0.25) is 9.52 Å². The van der Waals surface area contributed by atoms with E-state index in [-0.39, 0.29) is 18.3 Å². The fourth-order valence-corrected chi connectivity index (χ4v) is 4.50. The molecule has 2 heterocycles. The molecule has 26 heavy (non-hydrogen) atoms. The molecule has 1 fully saturated rings. The van der Waals surface area contributed by atoms with Crippen LogP contribution in [0.4, 0.5) is 5.69 Å². The van der Waals surface area contributed by atoms with Gasteiger partial charge in [-0.2, -0.15) is 0 Å². The average molecular weight is 375 g/mol. The number of carbonyl (C=O) groups is 1. The highest BCUT2D eigenvalue weighted by molar-refractivity contribution is 7.93. The molecule has 7 nitrogen and oxygen atoms in total. The molecule has 1 atom stereocenters. The summed E-state index contributed by atoms with van der Waals surface area (Å²) >= 11 is 0. The van der Waals surface area contributed by atoms with Crippen molar-refractivity contribution in [3.8, 4) is 5.88 Å². The number of aromatic nitrogens is 1. The minimum atomic E-state index is -3.59. The van der Waals surface area contributed by atoms with E-state index < -0.39 is 15.3 Å². The third-order valence-corrected chi connectivity index (χ3v) is 6.12. The number of piperidine rings is 1. The molecule has 1 aromatic heterocycles. The van der Waals surface area contributed by atoms with Gasteiger partial charge in [0, 0.05) is 25.0 Å². The Kier molecular flexibility index (Phi) is 5.41. The highest BCUT2D eigenvalue weighted by Crippen LogP contribution is 2.23. The van der Waals surface area contributed by atoms with E-state index in [2.05, 4.69) is 9.71 Å². The van der Waals surface area contributed by atoms with Gasteiger partial charge in [-0.15, -0.1) is 0 Å². The van der Waals surface area contributed by atoms with Crippen LogP contribution in [0, 0.1) is 0 Å². The molecule has 0 saturated carbocycles. The maximum Gasteiger partial charge on any atom is 0.259 e. The fourth-order valence-electron chi connectivity index (χ4n) is 3.02. The number of nitrogens with one attached hydrogen (secondary N) is 1. The van der Waals surface area contributed by atoms with E-state index in [0.717, 1.165) is 0 Å². The number of rotatable bonds is 5. The third kappa shape index (κ3) is 3.96. The van der Waals surface area contributed by atoms with Gasteiger partial charge in [0.05, 0.1) is 12.4 Å². The molecule has 0 aliphatic carbocycles. The molecule has 1 aliphatic heterocycles. The smallest absolute Gasteiger partial charge is 0.259 e. The van der Waals surface area contributed by atoms with Crippen molar-refractivity contribution in [1.29, 1.82) is 0 Å². The van der Waals surface area contributed by atoms with E-state index in [1.165, 1.54) is 7.11 Å². The minimum Gasteiger partial charge on any atom is -0.480 e. The number of ether oxygens (including phenoxy) is 1. The zero-order valence-electron chi connectivity index (χ0n) is 14.5. The van der Waals surface area contributed by atoms with Crippen molar-refractivity contribution in [2.45, 2.75) is 18.1 Å². The Labute approximate surface area is 153 Å². The Hall–Kier alpha value is -2.61. The average Bonchev–Trinajstić information content (AvgIpc) is 2.68. The largest absolute Gasteiger partial charge is 0.480 e. The molecule has 0 bridgehead atoms. The molecular formula is C18H21N3O4S. The van der Waals surface area contributed by atoms with Gasteiger partial charge >= 0.3 is 0 Å². The van der Waals surface area contributed by atoms with E-state index >= 15 is 0 Å². The minimum absolute atomic E-state index is 0.138. The molecule has 0 spiro atoms. The zero-order valence-corrected chi connectivity index (χ0v) is 15.3. The fraction of sp³-hybridized carbons (Fsp3) is 0.333. The number of methoxy groups -OCH3 is 1. The van der Waals surface area contributed by atoms with Crippen LogP contribution >= 0.6 is 0 Å². The van der Waals surface area contributed by atoms with Crippen LogP contribution in [0.1, 0.15) is 23.2 Å². The Morgan fingerprint density at radius 1 is 1.23 bits per heavy atom. The van der Waals surface area contributed by atoms with Gasteiger partial charge < -0.3 is 9.64 Å². The van der Waals surface area contributed by atoms with Gasteiger partial charge in [0.15, 0.2) is 0 Å². The van der Waals surface area contributed by atoms with E-state index in [0.29, 0.717) is 30.6 Å². The van der Waals surface area contributed by atoms with E-state index in [1.807, 2.05) is 6.07 Å². The summed E-state index contributed by atoms with van der Waals surface area (Å²) in [6.45, 7) is 0.646. The van der Waals surface area contributed by atoms with Crippen molar-refractivity contribution < 1.29 is 17.9 Å². The molecular weight excluding hydrogens is 354 g/mol. The Morgan fingerprint density at radius 2 is 2.00 bits per heavy atom. The van der Waals surface area contributed by atoms with Gasteiger partial charge in [-0.1, -0.05) is 18.2 Å². The number of carbonyl (C=O) groups excluding carboxylic acids is 1. The highest BCUT2D eigenvalue weighted by atomic mass is 32.2. The monoisotopic (exact) mass is 375 g/mol. The molecule has 1 aliphatic rings. The second-order valence-electron chi connectivity index (χ2n) is 6.09. The van der Waals surface area contributed by atoms with Gasteiger partial charge in [0.2, 0.25) is 15.9 Å². The molecule has 1 saturated heterocycles. The molecule has 1 unspecified atom stereocenters. The Balaban J connectivity index is 1.75. The highest BCUT2D eigenvalue weighted by Gasteiger charge is 2.33. The molecule has 138 valence electrons. The summed E-state index contributed by atoms with van der Waals surface area (Å²) in [4.78, 5) is 18.4. The SMILES string of the molecule is COc1ncccc1C(=O)N1CCCC(S(=O)(=O)Nc2ccccc2)C1. The number of hydrogen-bond donors (Lipinski definition) is 1. The molecule has 2 aromatic rings. The number of likely N-dealkylation sites (tertiary alicyclic amines) is 1. The molecule has 3 rings (SSSR count). The van der Waals surface area contributed by atoms with Gasteiger partial charge in [0.25, 0.3) is 5.91 Å². The number of sulfonamides is 1. The quantitative estimate of drug-likeness (QED) is 0.865. The number of hydrogen-bond acceptors (Lipinski definition) is 5. The van der Waals surface area contributed by atoms with Gasteiger partial charge in [-0.05, 0) is 37.1 Å². The summed E-state index contributed by atoms with van der Waals surface area (Å²) in [5, 5.41) is -0.664. The first kappa shape index (κ1) is 18.2. The summed E-state index contributed by atoms with van der Waals surface area (Å²) < 4.78 is 33.1. The van der Waals surface area contributed by atoms with Crippen LogP contribution in [-0.4, -0.2) is 49.7 Å².